The van der Waals surface area contributed by atoms with Crippen molar-refractivity contribution in [2.24, 2.45) is 5.73 Å². The smallest absolute Gasteiger partial charge is 0.248 e. The molecule has 0 aromatic heterocycles. The monoisotopic (exact) mass is 395 g/mol. The summed E-state index contributed by atoms with van der Waals surface area (Å²) < 4.78 is 0. The Hall–Kier alpha value is -3.06. The number of para-hydroxylation sites is 1. The summed E-state index contributed by atoms with van der Waals surface area (Å²) in [6, 6.07) is 17.5. The molecule has 1 atom stereocenters. The van der Waals surface area contributed by atoms with Gasteiger partial charge < -0.3 is 21.3 Å². The van der Waals surface area contributed by atoms with Crippen molar-refractivity contribution < 1.29 is 9.59 Å². The zero-order valence-corrected chi connectivity index (χ0v) is 16.8. The molecule has 0 saturated carbocycles. The number of nitrogens with zero attached hydrogens (tertiary/aromatic N) is 2. The fourth-order valence-corrected chi connectivity index (χ4v) is 3.45. The molecule has 1 saturated heterocycles. The minimum atomic E-state index is -0.465. The summed E-state index contributed by atoms with van der Waals surface area (Å²) in [7, 11) is 0. The first-order chi connectivity index (χ1) is 14.0. The lowest BCUT2D eigenvalue weighted by molar-refractivity contribution is -0.119. The number of carbonyl (C=O) groups excluding carboxylic acids is 2. The fraction of sp³-hybridized carbons (Fsp3) is 0.364. The average molecular weight is 396 g/mol. The lowest BCUT2D eigenvalue weighted by Gasteiger charge is -2.39. The van der Waals surface area contributed by atoms with Gasteiger partial charge in [-0.2, -0.15) is 0 Å². The van der Waals surface area contributed by atoms with E-state index in [4.69, 9.17) is 5.73 Å². The first kappa shape index (κ1) is 20.7. The summed E-state index contributed by atoms with van der Waals surface area (Å²) >= 11 is 0. The second-order valence-corrected chi connectivity index (χ2v) is 7.31. The van der Waals surface area contributed by atoms with Crippen LogP contribution in [0.25, 0.3) is 0 Å². The molecular formula is C22H29N5O2. The molecule has 0 bridgehead atoms. The molecule has 0 aliphatic carbocycles. The molecule has 2 aromatic carbocycles. The molecule has 7 nitrogen and oxygen atoms in total. The van der Waals surface area contributed by atoms with Crippen LogP contribution in [0.4, 0.5) is 11.4 Å². The van der Waals surface area contributed by atoms with Gasteiger partial charge in [0.25, 0.3) is 0 Å². The molecule has 29 heavy (non-hydrogen) atoms. The van der Waals surface area contributed by atoms with Gasteiger partial charge in [-0.05, 0) is 43.3 Å². The van der Waals surface area contributed by atoms with Gasteiger partial charge in [-0.3, -0.25) is 14.5 Å². The predicted octanol–water partition coefficient (Wildman–Crippen LogP) is 1.52. The maximum absolute atomic E-state index is 12.1. The van der Waals surface area contributed by atoms with Crippen molar-refractivity contribution >= 4 is 23.2 Å². The van der Waals surface area contributed by atoms with Crippen molar-refractivity contribution in [3.05, 3.63) is 60.2 Å². The van der Waals surface area contributed by atoms with Crippen molar-refractivity contribution in [3.8, 4) is 0 Å². The molecule has 1 heterocycles. The summed E-state index contributed by atoms with van der Waals surface area (Å²) in [5.41, 5.74) is 7.71. The highest BCUT2D eigenvalue weighted by Gasteiger charge is 2.21. The highest BCUT2D eigenvalue weighted by Crippen LogP contribution is 2.16. The van der Waals surface area contributed by atoms with E-state index in [-0.39, 0.29) is 18.5 Å². The number of benzene rings is 2. The van der Waals surface area contributed by atoms with Crippen molar-refractivity contribution in [3.63, 3.8) is 0 Å². The van der Waals surface area contributed by atoms with Gasteiger partial charge in [0.2, 0.25) is 11.8 Å². The lowest BCUT2D eigenvalue weighted by Crippen LogP contribution is -2.52. The Morgan fingerprint density at radius 2 is 1.66 bits per heavy atom. The van der Waals surface area contributed by atoms with Crippen LogP contribution in [0.5, 0.6) is 0 Å². The second kappa shape index (κ2) is 9.93. The van der Waals surface area contributed by atoms with Crippen molar-refractivity contribution in [1.82, 2.24) is 10.2 Å². The van der Waals surface area contributed by atoms with E-state index in [1.807, 2.05) is 6.07 Å². The highest BCUT2D eigenvalue weighted by molar-refractivity contribution is 5.93. The molecule has 0 radical (unpaired) electrons. The van der Waals surface area contributed by atoms with E-state index in [2.05, 4.69) is 51.6 Å². The minimum absolute atomic E-state index is 0.0567. The van der Waals surface area contributed by atoms with E-state index in [0.29, 0.717) is 12.1 Å². The van der Waals surface area contributed by atoms with Gasteiger partial charge in [-0.15, -0.1) is 0 Å². The Kier molecular flexibility index (Phi) is 7.08. The first-order valence-corrected chi connectivity index (χ1v) is 9.97. The minimum Gasteiger partial charge on any atom is -0.376 e. The van der Waals surface area contributed by atoms with Crippen LogP contribution in [0.3, 0.4) is 0 Å². The first-order valence-electron chi connectivity index (χ1n) is 9.97. The van der Waals surface area contributed by atoms with E-state index < -0.39 is 5.91 Å². The summed E-state index contributed by atoms with van der Waals surface area (Å²) in [6.07, 6.45) is 0. The largest absolute Gasteiger partial charge is 0.376 e. The number of hydrogen-bond acceptors (Lipinski definition) is 5. The van der Waals surface area contributed by atoms with Gasteiger partial charge in [-0.1, -0.05) is 18.2 Å². The van der Waals surface area contributed by atoms with Crippen LogP contribution in [-0.4, -0.2) is 62.0 Å². The van der Waals surface area contributed by atoms with Crippen LogP contribution < -0.4 is 21.3 Å². The standard InChI is InChI=1S/C22H29N5O2/c1-17(26-11-13-27(14-12-26)20-5-3-2-4-6-20)15-25-21(28)16-24-19-9-7-18(8-10-19)22(23)29/h2-10,17,24H,11-16H2,1H3,(H2,23,29)(H,25,28)/t17-/m0/s1. The summed E-state index contributed by atoms with van der Waals surface area (Å²) in [5.74, 6) is -0.522. The molecule has 154 valence electrons. The number of amides is 2. The van der Waals surface area contributed by atoms with Crippen LogP contribution in [0.15, 0.2) is 54.6 Å². The molecule has 2 aromatic rings. The molecule has 2 amide bonds. The number of nitrogens with two attached hydrogens (primary N) is 1. The van der Waals surface area contributed by atoms with E-state index in [1.165, 1.54) is 5.69 Å². The van der Waals surface area contributed by atoms with Gasteiger partial charge in [0.05, 0.1) is 6.54 Å². The Bertz CT molecular complexity index is 802. The van der Waals surface area contributed by atoms with Crippen LogP contribution in [-0.2, 0) is 4.79 Å². The quantitative estimate of drug-likeness (QED) is 0.631. The van der Waals surface area contributed by atoms with E-state index in [9.17, 15) is 9.59 Å². The average Bonchev–Trinajstić information content (AvgIpc) is 2.77. The molecule has 1 aliphatic heterocycles. The van der Waals surface area contributed by atoms with Crippen LogP contribution in [0, 0.1) is 0 Å². The number of carbonyl (C=O) groups is 2. The zero-order valence-electron chi connectivity index (χ0n) is 16.8. The van der Waals surface area contributed by atoms with Gasteiger partial charge in [0.1, 0.15) is 0 Å². The third-order valence-electron chi connectivity index (χ3n) is 5.28. The van der Waals surface area contributed by atoms with Crippen LogP contribution in [0.2, 0.25) is 0 Å². The molecule has 3 rings (SSSR count). The van der Waals surface area contributed by atoms with Crippen molar-refractivity contribution in [2.75, 3.05) is 49.5 Å². The number of rotatable bonds is 8. The van der Waals surface area contributed by atoms with E-state index in [1.54, 1.807) is 24.3 Å². The number of hydrogen-bond donors (Lipinski definition) is 3. The Morgan fingerprint density at radius 3 is 2.28 bits per heavy atom. The second-order valence-electron chi connectivity index (χ2n) is 7.31. The van der Waals surface area contributed by atoms with Gasteiger partial charge >= 0.3 is 0 Å². The number of nitrogens with one attached hydrogen (secondary N) is 2. The number of anilines is 2. The Balaban J connectivity index is 1.36. The molecule has 1 fully saturated rings. The zero-order chi connectivity index (χ0) is 20.6. The normalized spacial score (nSPS) is 15.6. The molecule has 0 unspecified atom stereocenters. The predicted molar refractivity (Wildman–Crippen MR) is 116 cm³/mol. The molecule has 1 aliphatic rings. The van der Waals surface area contributed by atoms with Crippen LogP contribution in [0.1, 0.15) is 17.3 Å². The number of primary amides is 1. The lowest BCUT2D eigenvalue weighted by atomic mass is 10.2. The van der Waals surface area contributed by atoms with Crippen molar-refractivity contribution in [1.29, 1.82) is 0 Å². The maximum atomic E-state index is 12.1. The summed E-state index contributed by atoms with van der Waals surface area (Å²) in [5, 5.41) is 6.05. The highest BCUT2D eigenvalue weighted by atomic mass is 16.2. The van der Waals surface area contributed by atoms with Gasteiger partial charge in [0.15, 0.2) is 0 Å². The SMILES string of the molecule is C[C@@H](CNC(=O)CNc1ccc(C(N)=O)cc1)N1CCN(c2ccccc2)CC1. The van der Waals surface area contributed by atoms with Gasteiger partial charge in [-0.25, -0.2) is 0 Å². The van der Waals surface area contributed by atoms with E-state index >= 15 is 0 Å². The third-order valence-corrected chi connectivity index (χ3v) is 5.28. The molecule has 0 spiro atoms. The molecular weight excluding hydrogens is 366 g/mol. The van der Waals surface area contributed by atoms with Gasteiger partial charge in [0, 0.05) is 55.7 Å². The topological polar surface area (TPSA) is 90.7 Å². The van der Waals surface area contributed by atoms with Crippen molar-refractivity contribution in [2.45, 2.75) is 13.0 Å². The Morgan fingerprint density at radius 1 is 1.00 bits per heavy atom. The molecule has 7 heteroatoms. The molecule has 4 N–H and O–H groups in total. The fourth-order valence-electron chi connectivity index (χ4n) is 3.45. The van der Waals surface area contributed by atoms with E-state index in [0.717, 1.165) is 31.9 Å². The Labute approximate surface area is 171 Å². The third kappa shape index (κ3) is 5.96. The summed E-state index contributed by atoms with van der Waals surface area (Å²) in [6.45, 7) is 6.90. The number of piperazine rings is 1. The maximum Gasteiger partial charge on any atom is 0.248 e. The summed E-state index contributed by atoms with van der Waals surface area (Å²) in [4.78, 5) is 28.0. The van der Waals surface area contributed by atoms with Crippen LogP contribution >= 0.6 is 0 Å².